The summed E-state index contributed by atoms with van der Waals surface area (Å²) in [6, 6.07) is 1.84. The number of aromatic carboxylic acids is 1. The maximum absolute atomic E-state index is 12.9. The average Bonchev–Trinajstić information content (AvgIpc) is 2.78. The molecule has 0 spiro atoms. The fourth-order valence-electron chi connectivity index (χ4n) is 1.30. The normalized spacial score (nSPS) is 10.3. The van der Waals surface area contributed by atoms with Crippen LogP contribution in [0.5, 0.6) is 0 Å². The molecule has 18 heavy (non-hydrogen) atoms. The molecule has 1 N–H and O–H groups in total. The second kappa shape index (κ2) is 4.20. The summed E-state index contributed by atoms with van der Waals surface area (Å²) >= 11 is 0. The van der Waals surface area contributed by atoms with E-state index in [1.807, 2.05) is 0 Å². The molecule has 0 aliphatic rings. The number of rotatable bonds is 3. The Labute approximate surface area is 98.5 Å². The number of carboxylic acid groups (broad SMARTS) is 1. The number of hydrogen-bond donors (Lipinski definition) is 1. The molecule has 0 bridgehead atoms. The van der Waals surface area contributed by atoms with Crippen molar-refractivity contribution in [1.29, 1.82) is 0 Å². The van der Waals surface area contributed by atoms with Gasteiger partial charge in [-0.15, -0.1) is 4.68 Å². The molecule has 9 heteroatoms. The number of carboxylic acids is 1. The molecular formula is C9H5FN4O4. The molecule has 0 fully saturated rings. The molecule has 0 aliphatic heterocycles. The fraction of sp³-hybridized carbons (Fsp3) is 0. The second-order valence-corrected chi connectivity index (χ2v) is 3.21. The van der Waals surface area contributed by atoms with Gasteiger partial charge in [0, 0.05) is 0 Å². The predicted octanol–water partition coefficient (Wildman–Crippen LogP) is 1.01. The summed E-state index contributed by atoms with van der Waals surface area (Å²) in [4.78, 5) is 24.2. The van der Waals surface area contributed by atoms with Crippen LogP contribution in [0.4, 0.5) is 10.2 Å². The Morgan fingerprint density at radius 3 is 2.83 bits per heavy atom. The van der Waals surface area contributed by atoms with Crippen LogP contribution in [0.1, 0.15) is 10.4 Å². The van der Waals surface area contributed by atoms with Crippen molar-refractivity contribution in [3.05, 3.63) is 46.0 Å². The molecule has 0 aromatic carbocycles. The molecule has 0 saturated carbocycles. The Morgan fingerprint density at radius 1 is 1.56 bits per heavy atom. The summed E-state index contributed by atoms with van der Waals surface area (Å²) in [6.45, 7) is 0. The monoisotopic (exact) mass is 252 g/mol. The van der Waals surface area contributed by atoms with E-state index in [1.165, 1.54) is 6.20 Å². The van der Waals surface area contributed by atoms with Crippen molar-refractivity contribution >= 4 is 11.8 Å². The van der Waals surface area contributed by atoms with E-state index in [4.69, 9.17) is 5.11 Å². The van der Waals surface area contributed by atoms with Gasteiger partial charge in [0.1, 0.15) is 11.4 Å². The van der Waals surface area contributed by atoms with E-state index in [1.54, 1.807) is 0 Å². The van der Waals surface area contributed by atoms with Crippen LogP contribution in [0.2, 0.25) is 0 Å². The molecule has 2 aromatic heterocycles. The Bertz CT molecular complexity index is 639. The molecular weight excluding hydrogens is 247 g/mol. The van der Waals surface area contributed by atoms with Crippen LogP contribution < -0.4 is 0 Å². The minimum Gasteiger partial charge on any atom is -0.478 e. The van der Waals surface area contributed by atoms with Crippen molar-refractivity contribution < 1.29 is 19.2 Å². The highest BCUT2D eigenvalue weighted by Crippen LogP contribution is 2.15. The van der Waals surface area contributed by atoms with E-state index in [0.717, 1.165) is 23.0 Å². The first kappa shape index (κ1) is 11.6. The number of hydrogen-bond acceptors (Lipinski definition) is 5. The van der Waals surface area contributed by atoms with E-state index >= 15 is 0 Å². The molecule has 2 aromatic rings. The van der Waals surface area contributed by atoms with Crippen molar-refractivity contribution in [2.75, 3.05) is 0 Å². The van der Waals surface area contributed by atoms with Crippen LogP contribution in [-0.2, 0) is 0 Å². The predicted molar refractivity (Wildman–Crippen MR) is 54.9 cm³/mol. The first-order valence-electron chi connectivity index (χ1n) is 4.58. The van der Waals surface area contributed by atoms with E-state index in [2.05, 4.69) is 10.1 Å². The Morgan fingerprint density at radius 2 is 2.28 bits per heavy atom. The highest BCUT2D eigenvalue weighted by atomic mass is 19.1. The van der Waals surface area contributed by atoms with Gasteiger partial charge in [-0.2, -0.15) is 0 Å². The minimum absolute atomic E-state index is 0.197. The van der Waals surface area contributed by atoms with Crippen molar-refractivity contribution in [3.63, 3.8) is 0 Å². The lowest BCUT2D eigenvalue weighted by molar-refractivity contribution is -0.389. The largest absolute Gasteiger partial charge is 0.478 e. The van der Waals surface area contributed by atoms with Gasteiger partial charge in [0.05, 0.1) is 23.6 Å². The average molecular weight is 252 g/mol. The molecule has 0 atom stereocenters. The van der Waals surface area contributed by atoms with Crippen molar-refractivity contribution in [3.8, 4) is 5.82 Å². The molecule has 92 valence electrons. The first-order chi connectivity index (χ1) is 8.49. The Balaban J connectivity index is 2.55. The third-order valence-corrected chi connectivity index (χ3v) is 2.04. The maximum atomic E-state index is 12.9. The standard InChI is InChI=1S/C9H5FN4O4/c10-5-3-6(9(15)16)8(11-4-5)13-2-1-7(12-13)14(17)18/h1-4H,(H,15,16). The van der Waals surface area contributed by atoms with Gasteiger partial charge in [0.25, 0.3) is 0 Å². The number of nitrogens with zero attached hydrogens (tertiary/aromatic N) is 4. The summed E-state index contributed by atoms with van der Waals surface area (Å²) in [5, 5.41) is 22.9. The van der Waals surface area contributed by atoms with Crippen LogP contribution in [0.3, 0.4) is 0 Å². The topological polar surface area (TPSA) is 111 Å². The van der Waals surface area contributed by atoms with E-state index < -0.39 is 28.1 Å². The Hall–Kier alpha value is -2.84. The number of nitro groups is 1. The molecule has 0 radical (unpaired) electrons. The highest BCUT2D eigenvalue weighted by Gasteiger charge is 2.19. The van der Waals surface area contributed by atoms with E-state index in [-0.39, 0.29) is 5.82 Å². The molecule has 0 amide bonds. The Kier molecular flexibility index (Phi) is 2.72. The van der Waals surface area contributed by atoms with Crippen molar-refractivity contribution in [2.45, 2.75) is 0 Å². The van der Waals surface area contributed by atoms with Gasteiger partial charge in [0.15, 0.2) is 5.82 Å². The van der Waals surface area contributed by atoms with Gasteiger partial charge in [-0.1, -0.05) is 0 Å². The van der Waals surface area contributed by atoms with Gasteiger partial charge in [-0.05, 0) is 11.0 Å². The minimum atomic E-state index is -1.41. The summed E-state index contributed by atoms with van der Waals surface area (Å²) < 4.78 is 13.8. The number of aromatic nitrogens is 3. The quantitative estimate of drug-likeness (QED) is 0.644. The molecule has 0 saturated heterocycles. The number of pyridine rings is 1. The van der Waals surface area contributed by atoms with Crippen LogP contribution in [0.25, 0.3) is 5.82 Å². The van der Waals surface area contributed by atoms with Crippen LogP contribution in [-0.4, -0.2) is 30.8 Å². The van der Waals surface area contributed by atoms with Crippen LogP contribution in [0, 0.1) is 15.9 Å². The lowest BCUT2D eigenvalue weighted by Crippen LogP contribution is -2.09. The molecule has 2 heterocycles. The van der Waals surface area contributed by atoms with Gasteiger partial charge in [-0.25, -0.2) is 14.2 Å². The molecule has 8 nitrogen and oxygen atoms in total. The summed E-state index contributed by atoms with van der Waals surface area (Å²) in [5.41, 5.74) is -0.437. The van der Waals surface area contributed by atoms with E-state index in [9.17, 15) is 19.3 Å². The smallest absolute Gasteiger partial charge is 0.390 e. The zero-order valence-electron chi connectivity index (χ0n) is 8.65. The molecule has 2 rings (SSSR count). The summed E-state index contributed by atoms with van der Waals surface area (Å²) in [6.07, 6.45) is 1.97. The van der Waals surface area contributed by atoms with Crippen molar-refractivity contribution in [1.82, 2.24) is 14.8 Å². The van der Waals surface area contributed by atoms with E-state index in [0.29, 0.717) is 0 Å². The SMILES string of the molecule is O=C(O)c1cc(F)cnc1-n1ccc([N+](=O)[O-])n1. The van der Waals surface area contributed by atoms with Gasteiger partial charge < -0.3 is 15.2 Å². The van der Waals surface area contributed by atoms with Gasteiger partial charge >= 0.3 is 11.8 Å². The highest BCUT2D eigenvalue weighted by molar-refractivity contribution is 5.91. The first-order valence-corrected chi connectivity index (χ1v) is 4.58. The second-order valence-electron chi connectivity index (χ2n) is 3.21. The fourth-order valence-corrected chi connectivity index (χ4v) is 1.30. The third kappa shape index (κ3) is 2.00. The van der Waals surface area contributed by atoms with Gasteiger partial charge in [-0.3, -0.25) is 0 Å². The molecule has 0 aliphatic carbocycles. The zero-order chi connectivity index (χ0) is 13.3. The number of carbonyl (C=O) groups is 1. The number of halogens is 1. The lowest BCUT2D eigenvalue weighted by Gasteiger charge is -2.01. The zero-order valence-corrected chi connectivity index (χ0v) is 8.65. The third-order valence-electron chi connectivity index (χ3n) is 2.04. The molecule has 0 unspecified atom stereocenters. The van der Waals surface area contributed by atoms with Crippen LogP contribution in [0.15, 0.2) is 24.5 Å². The lowest BCUT2D eigenvalue weighted by atomic mass is 10.2. The van der Waals surface area contributed by atoms with Crippen molar-refractivity contribution in [2.24, 2.45) is 0 Å². The van der Waals surface area contributed by atoms with Crippen LogP contribution >= 0.6 is 0 Å². The maximum Gasteiger partial charge on any atom is 0.390 e. The summed E-state index contributed by atoms with van der Waals surface area (Å²) in [7, 11) is 0. The summed E-state index contributed by atoms with van der Waals surface area (Å²) in [5.74, 6) is -2.89. The van der Waals surface area contributed by atoms with Gasteiger partial charge in [0.2, 0.25) is 0 Å².